The van der Waals surface area contributed by atoms with Gasteiger partial charge in [-0.1, -0.05) is 42.5 Å². The monoisotopic (exact) mass is 442 g/mol. The molecule has 0 fully saturated rings. The SMILES string of the molecule is COc1ccc(-n2nc(C(=O)Nc3ccccc3)c(=O)n(Cc3ccccc3C)c2=O)cc1. The summed E-state index contributed by atoms with van der Waals surface area (Å²) in [6.07, 6.45) is 0. The molecule has 0 bridgehead atoms. The molecule has 0 aliphatic rings. The van der Waals surface area contributed by atoms with Crippen LogP contribution in [0.15, 0.2) is 88.5 Å². The molecule has 8 nitrogen and oxygen atoms in total. The average molecular weight is 442 g/mol. The molecule has 33 heavy (non-hydrogen) atoms. The van der Waals surface area contributed by atoms with Gasteiger partial charge in [0, 0.05) is 5.69 Å². The maximum atomic E-state index is 13.3. The number of para-hydroxylation sites is 1. The van der Waals surface area contributed by atoms with E-state index in [1.165, 1.54) is 7.11 Å². The fraction of sp³-hybridized carbons (Fsp3) is 0.120. The summed E-state index contributed by atoms with van der Waals surface area (Å²) in [6.45, 7) is 1.90. The van der Waals surface area contributed by atoms with Crippen LogP contribution in [0.3, 0.4) is 0 Å². The molecule has 0 radical (unpaired) electrons. The Hall–Kier alpha value is -4.46. The minimum Gasteiger partial charge on any atom is -0.497 e. The van der Waals surface area contributed by atoms with Gasteiger partial charge in [-0.2, -0.15) is 9.78 Å². The molecule has 0 aliphatic carbocycles. The molecule has 0 saturated heterocycles. The Morgan fingerprint density at radius 3 is 2.27 bits per heavy atom. The van der Waals surface area contributed by atoms with E-state index in [9.17, 15) is 14.4 Å². The van der Waals surface area contributed by atoms with Crippen molar-refractivity contribution in [3.63, 3.8) is 0 Å². The standard InChI is InChI=1S/C25H22N4O4/c1-17-8-6-7-9-18(17)16-28-24(31)22(23(30)26-19-10-4-3-5-11-19)27-29(25(28)32)20-12-14-21(33-2)15-13-20/h3-15H,16H2,1-2H3,(H,26,30). The quantitative estimate of drug-likeness (QED) is 0.495. The number of rotatable bonds is 6. The van der Waals surface area contributed by atoms with Gasteiger partial charge < -0.3 is 10.1 Å². The third-order valence-corrected chi connectivity index (χ3v) is 5.21. The predicted octanol–water partition coefficient (Wildman–Crippen LogP) is 3.01. The number of ether oxygens (including phenoxy) is 1. The van der Waals surface area contributed by atoms with Crippen LogP contribution < -0.4 is 21.3 Å². The van der Waals surface area contributed by atoms with E-state index < -0.39 is 17.2 Å². The highest BCUT2D eigenvalue weighted by molar-refractivity contribution is 6.02. The van der Waals surface area contributed by atoms with Crippen molar-refractivity contribution in [1.82, 2.24) is 14.3 Å². The highest BCUT2D eigenvalue weighted by atomic mass is 16.5. The largest absolute Gasteiger partial charge is 0.497 e. The number of amides is 1. The molecule has 0 aliphatic heterocycles. The summed E-state index contributed by atoms with van der Waals surface area (Å²) in [7, 11) is 1.54. The summed E-state index contributed by atoms with van der Waals surface area (Å²) < 4.78 is 7.25. The van der Waals surface area contributed by atoms with Crippen molar-refractivity contribution in [2.24, 2.45) is 0 Å². The van der Waals surface area contributed by atoms with Crippen molar-refractivity contribution in [3.05, 3.63) is 117 Å². The molecule has 1 aromatic heterocycles. The minimum atomic E-state index is -0.763. The van der Waals surface area contributed by atoms with Crippen LogP contribution in [0, 0.1) is 6.92 Å². The average Bonchev–Trinajstić information content (AvgIpc) is 2.83. The van der Waals surface area contributed by atoms with Crippen LogP contribution in [0.1, 0.15) is 21.6 Å². The first-order chi connectivity index (χ1) is 16.0. The van der Waals surface area contributed by atoms with Gasteiger partial charge in [-0.05, 0) is 54.4 Å². The molecule has 0 spiro atoms. The maximum Gasteiger partial charge on any atom is 0.352 e. The number of aromatic nitrogens is 3. The van der Waals surface area contributed by atoms with Crippen LogP contribution in [0.5, 0.6) is 5.75 Å². The maximum absolute atomic E-state index is 13.3. The molecule has 166 valence electrons. The number of anilines is 1. The van der Waals surface area contributed by atoms with Gasteiger partial charge in [0.15, 0.2) is 0 Å². The molecule has 3 aromatic carbocycles. The number of hydrogen-bond acceptors (Lipinski definition) is 5. The normalized spacial score (nSPS) is 10.6. The summed E-state index contributed by atoms with van der Waals surface area (Å²) in [6, 6.07) is 22.8. The molecule has 1 heterocycles. The van der Waals surface area contributed by atoms with E-state index >= 15 is 0 Å². The minimum absolute atomic E-state index is 0.00856. The van der Waals surface area contributed by atoms with Gasteiger partial charge in [-0.25, -0.2) is 4.79 Å². The van der Waals surface area contributed by atoms with Crippen molar-refractivity contribution in [3.8, 4) is 11.4 Å². The summed E-state index contributed by atoms with van der Waals surface area (Å²) >= 11 is 0. The van der Waals surface area contributed by atoms with Gasteiger partial charge in [-0.15, -0.1) is 0 Å². The van der Waals surface area contributed by atoms with Crippen LogP contribution in [-0.4, -0.2) is 27.4 Å². The molecule has 0 atom stereocenters. The third kappa shape index (κ3) is 4.59. The number of nitrogens with one attached hydrogen (secondary N) is 1. The topological polar surface area (TPSA) is 95.2 Å². The smallest absolute Gasteiger partial charge is 0.352 e. The fourth-order valence-corrected chi connectivity index (χ4v) is 3.36. The van der Waals surface area contributed by atoms with E-state index in [1.54, 1.807) is 48.5 Å². The third-order valence-electron chi connectivity index (χ3n) is 5.21. The Balaban J connectivity index is 1.86. The van der Waals surface area contributed by atoms with Crippen LogP contribution in [0.2, 0.25) is 0 Å². The zero-order valence-corrected chi connectivity index (χ0v) is 18.2. The van der Waals surface area contributed by atoms with Gasteiger partial charge in [0.1, 0.15) is 5.75 Å². The lowest BCUT2D eigenvalue weighted by atomic mass is 10.1. The van der Waals surface area contributed by atoms with Crippen LogP contribution >= 0.6 is 0 Å². The molecule has 0 saturated carbocycles. The lowest BCUT2D eigenvalue weighted by molar-refractivity contribution is 0.101. The number of aryl methyl sites for hydroxylation is 1. The number of carbonyl (C=O) groups excluding carboxylic acids is 1. The Bertz CT molecular complexity index is 1410. The second-order valence-corrected chi connectivity index (χ2v) is 7.38. The molecule has 4 rings (SSSR count). The Kier molecular flexibility index (Phi) is 6.17. The highest BCUT2D eigenvalue weighted by Gasteiger charge is 2.21. The van der Waals surface area contributed by atoms with Gasteiger partial charge in [0.05, 0.1) is 19.3 Å². The number of benzene rings is 3. The van der Waals surface area contributed by atoms with Crippen molar-refractivity contribution in [1.29, 1.82) is 0 Å². The number of methoxy groups -OCH3 is 1. The van der Waals surface area contributed by atoms with Gasteiger partial charge in [0.2, 0.25) is 5.69 Å². The number of nitrogens with zero attached hydrogens (tertiary/aromatic N) is 3. The highest BCUT2D eigenvalue weighted by Crippen LogP contribution is 2.14. The Morgan fingerprint density at radius 2 is 1.61 bits per heavy atom. The predicted molar refractivity (Wildman–Crippen MR) is 125 cm³/mol. The van der Waals surface area contributed by atoms with Gasteiger partial charge in [0.25, 0.3) is 11.5 Å². The van der Waals surface area contributed by atoms with Crippen molar-refractivity contribution in [2.45, 2.75) is 13.5 Å². The number of carbonyl (C=O) groups is 1. The molecular formula is C25H22N4O4. The molecule has 1 amide bonds. The van der Waals surface area contributed by atoms with Crippen molar-refractivity contribution < 1.29 is 9.53 Å². The van der Waals surface area contributed by atoms with E-state index in [0.29, 0.717) is 17.1 Å². The van der Waals surface area contributed by atoms with E-state index in [1.807, 2.05) is 37.3 Å². The molecule has 8 heteroatoms. The van der Waals surface area contributed by atoms with Gasteiger partial charge in [-0.3, -0.25) is 14.2 Å². The molecule has 1 N–H and O–H groups in total. The van der Waals surface area contributed by atoms with E-state index in [4.69, 9.17) is 4.74 Å². The van der Waals surface area contributed by atoms with E-state index in [2.05, 4.69) is 10.4 Å². The lowest BCUT2D eigenvalue weighted by Gasteiger charge is -2.13. The van der Waals surface area contributed by atoms with Crippen molar-refractivity contribution >= 4 is 11.6 Å². The Morgan fingerprint density at radius 1 is 0.939 bits per heavy atom. The summed E-state index contributed by atoms with van der Waals surface area (Å²) in [5.41, 5.74) is 0.823. The molecular weight excluding hydrogens is 420 g/mol. The van der Waals surface area contributed by atoms with Crippen LogP contribution in [0.25, 0.3) is 5.69 Å². The van der Waals surface area contributed by atoms with Gasteiger partial charge >= 0.3 is 5.69 Å². The first kappa shape index (κ1) is 21.8. The first-order valence-electron chi connectivity index (χ1n) is 10.3. The number of hydrogen-bond donors (Lipinski definition) is 1. The molecule has 0 unspecified atom stereocenters. The van der Waals surface area contributed by atoms with Crippen molar-refractivity contribution in [2.75, 3.05) is 12.4 Å². The molecule has 4 aromatic rings. The first-order valence-corrected chi connectivity index (χ1v) is 10.3. The zero-order valence-electron chi connectivity index (χ0n) is 18.2. The second-order valence-electron chi connectivity index (χ2n) is 7.38. The Labute approximate surface area is 189 Å². The van der Waals surface area contributed by atoms with Crippen LogP contribution in [0.4, 0.5) is 5.69 Å². The lowest BCUT2D eigenvalue weighted by Crippen LogP contribution is -2.45. The van der Waals surface area contributed by atoms with Crippen LogP contribution in [-0.2, 0) is 6.54 Å². The van der Waals surface area contributed by atoms with E-state index in [-0.39, 0.29) is 12.2 Å². The second kappa shape index (κ2) is 9.35. The summed E-state index contributed by atoms with van der Waals surface area (Å²) in [5, 5.41) is 6.80. The summed E-state index contributed by atoms with van der Waals surface area (Å²) in [5.74, 6) is -0.103. The van der Waals surface area contributed by atoms with E-state index in [0.717, 1.165) is 20.4 Å². The summed E-state index contributed by atoms with van der Waals surface area (Å²) in [4.78, 5) is 39.5. The fourth-order valence-electron chi connectivity index (χ4n) is 3.36. The zero-order chi connectivity index (χ0) is 23.4.